The third-order valence-corrected chi connectivity index (χ3v) is 6.30. The quantitative estimate of drug-likeness (QED) is 0.649. The van der Waals surface area contributed by atoms with Crippen molar-refractivity contribution in [1.29, 1.82) is 0 Å². The molecule has 0 spiro atoms. The minimum Gasteiger partial charge on any atom is -0.444 e. The van der Waals surface area contributed by atoms with Crippen LogP contribution in [0, 0.1) is 0 Å². The summed E-state index contributed by atoms with van der Waals surface area (Å²) >= 11 is 0. The fourth-order valence-corrected chi connectivity index (χ4v) is 4.55. The van der Waals surface area contributed by atoms with E-state index >= 15 is 0 Å². The molecule has 0 saturated carbocycles. The van der Waals surface area contributed by atoms with E-state index in [1.807, 2.05) is 0 Å². The summed E-state index contributed by atoms with van der Waals surface area (Å²) in [6, 6.07) is 3.64. The zero-order valence-electron chi connectivity index (χ0n) is 19.2. The molecule has 1 aromatic carbocycles. The maximum absolute atomic E-state index is 12.8. The Kier molecular flexibility index (Phi) is 7.29. The first-order valence-electron chi connectivity index (χ1n) is 10.4. The van der Waals surface area contributed by atoms with Gasteiger partial charge in [-0.1, -0.05) is 12.1 Å². The summed E-state index contributed by atoms with van der Waals surface area (Å²) in [6.07, 6.45) is -3.17. The number of ether oxygens (including phenoxy) is 2. The van der Waals surface area contributed by atoms with Crippen LogP contribution in [0.5, 0.6) is 0 Å². The number of likely N-dealkylation sites (tertiary alicyclic amines) is 1. The number of halogens is 3. The van der Waals surface area contributed by atoms with Crippen molar-refractivity contribution in [1.82, 2.24) is 19.2 Å². The highest BCUT2D eigenvalue weighted by Gasteiger charge is 2.40. The summed E-state index contributed by atoms with van der Waals surface area (Å²) in [6.45, 7) is 5.07. The van der Waals surface area contributed by atoms with Crippen LogP contribution in [0.1, 0.15) is 31.9 Å². The summed E-state index contributed by atoms with van der Waals surface area (Å²) in [4.78, 5) is 17.7. The molecule has 1 saturated heterocycles. The van der Waals surface area contributed by atoms with Gasteiger partial charge in [0.05, 0.1) is 37.2 Å². The van der Waals surface area contributed by atoms with Crippen molar-refractivity contribution >= 4 is 16.1 Å². The van der Waals surface area contributed by atoms with Crippen molar-refractivity contribution in [3.8, 4) is 0 Å². The van der Waals surface area contributed by atoms with Crippen LogP contribution in [-0.4, -0.2) is 59.8 Å². The lowest BCUT2D eigenvalue weighted by atomic mass is 10.1. The summed E-state index contributed by atoms with van der Waals surface area (Å²) in [5.74, 6) is 0. The van der Waals surface area contributed by atoms with Crippen LogP contribution in [0.15, 0.2) is 41.8 Å². The molecule has 1 amide bonds. The number of carbonyl (C=O) groups excluding carboxylic acids is 1. The van der Waals surface area contributed by atoms with Gasteiger partial charge in [-0.3, -0.25) is 0 Å². The molecule has 0 radical (unpaired) electrons. The van der Waals surface area contributed by atoms with Gasteiger partial charge in [-0.25, -0.2) is 22.9 Å². The van der Waals surface area contributed by atoms with Crippen molar-refractivity contribution in [2.75, 3.05) is 13.1 Å². The Balaban J connectivity index is 1.74. The summed E-state index contributed by atoms with van der Waals surface area (Å²) in [5.41, 5.74) is -1.07. The molecule has 1 aliphatic heterocycles. The van der Waals surface area contributed by atoms with Crippen LogP contribution < -0.4 is 4.72 Å². The predicted molar refractivity (Wildman–Crippen MR) is 115 cm³/mol. The molecule has 13 heteroatoms. The van der Waals surface area contributed by atoms with Crippen molar-refractivity contribution < 1.29 is 35.9 Å². The first-order valence-corrected chi connectivity index (χ1v) is 11.9. The van der Waals surface area contributed by atoms with Gasteiger partial charge in [-0.15, -0.1) is 0 Å². The monoisotopic (exact) mass is 504 g/mol. The van der Waals surface area contributed by atoms with Crippen molar-refractivity contribution in [3.05, 3.63) is 47.9 Å². The fraction of sp³-hybridized carbons (Fsp3) is 0.524. The first kappa shape index (κ1) is 26.0. The number of hydrogen-bond acceptors (Lipinski definition) is 6. The molecule has 34 heavy (non-hydrogen) atoms. The molecule has 1 aliphatic rings. The molecule has 2 unspecified atom stereocenters. The number of hydrogen-bond donors (Lipinski definition) is 1. The number of aromatic nitrogens is 2. The number of rotatable bonds is 6. The molecule has 2 atom stereocenters. The lowest BCUT2D eigenvalue weighted by molar-refractivity contribution is -0.137. The Morgan fingerprint density at radius 1 is 1.18 bits per heavy atom. The minimum atomic E-state index is -4.45. The number of nitrogens with one attached hydrogen (secondary N) is 1. The number of amides is 1. The van der Waals surface area contributed by atoms with E-state index < -0.39 is 45.6 Å². The molecule has 2 heterocycles. The number of aryl methyl sites for hydroxylation is 1. The Labute approximate surface area is 195 Å². The van der Waals surface area contributed by atoms with Crippen LogP contribution in [0.25, 0.3) is 0 Å². The second-order valence-electron chi connectivity index (χ2n) is 9.03. The number of nitrogens with zero attached hydrogens (tertiary/aromatic N) is 3. The lowest BCUT2D eigenvalue weighted by Crippen LogP contribution is -2.44. The van der Waals surface area contributed by atoms with E-state index in [-0.39, 0.29) is 24.7 Å². The summed E-state index contributed by atoms with van der Waals surface area (Å²) in [5, 5.41) is -0.188. The molecule has 1 N–H and O–H groups in total. The fourth-order valence-electron chi connectivity index (χ4n) is 3.31. The summed E-state index contributed by atoms with van der Waals surface area (Å²) < 4.78 is 79.1. The average molecular weight is 505 g/mol. The molecule has 3 rings (SSSR count). The molecule has 188 valence electrons. The molecule has 1 aromatic heterocycles. The summed E-state index contributed by atoms with van der Waals surface area (Å²) in [7, 11) is -2.38. The van der Waals surface area contributed by atoms with Gasteiger partial charge in [-0.05, 0) is 38.5 Å². The third kappa shape index (κ3) is 6.70. The van der Waals surface area contributed by atoms with Gasteiger partial charge in [0.15, 0.2) is 5.03 Å². The maximum Gasteiger partial charge on any atom is 0.416 e. The van der Waals surface area contributed by atoms with Crippen LogP contribution in [-0.2, 0) is 39.3 Å². The standard InChI is InChI=1S/C21H27F3N4O5S/c1-20(2,3)33-19(29)28-9-16(26-34(30,31)18-11-27(4)13-25-18)17(10-28)32-12-14-5-7-15(8-6-14)21(22,23)24/h5-8,11,13,16-17,26H,9-10,12H2,1-4H3. The van der Waals surface area contributed by atoms with Crippen LogP contribution >= 0.6 is 0 Å². The van der Waals surface area contributed by atoms with Crippen LogP contribution in [0.3, 0.4) is 0 Å². The predicted octanol–water partition coefficient (Wildman–Crippen LogP) is 2.92. The maximum atomic E-state index is 12.8. The second kappa shape index (κ2) is 9.55. The van der Waals surface area contributed by atoms with E-state index in [4.69, 9.17) is 9.47 Å². The van der Waals surface area contributed by atoms with E-state index in [1.165, 1.54) is 34.1 Å². The van der Waals surface area contributed by atoms with Gasteiger partial charge < -0.3 is 18.9 Å². The molecule has 0 bridgehead atoms. The minimum absolute atomic E-state index is 0.0152. The van der Waals surface area contributed by atoms with Crippen molar-refractivity contribution in [2.24, 2.45) is 7.05 Å². The Morgan fingerprint density at radius 3 is 2.35 bits per heavy atom. The molecule has 0 aliphatic carbocycles. The highest BCUT2D eigenvalue weighted by molar-refractivity contribution is 7.89. The van der Waals surface area contributed by atoms with E-state index in [9.17, 15) is 26.4 Å². The zero-order chi connectivity index (χ0) is 25.3. The number of sulfonamides is 1. The van der Waals surface area contributed by atoms with E-state index in [0.717, 1.165) is 12.1 Å². The van der Waals surface area contributed by atoms with Crippen molar-refractivity contribution in [3.63, 3.8) is 0 Å². The van der Waals surface area contributed by atoms with Crippen LogP contribution in [0.2, 0.25) is 0 Å². The number of carbonyl (C=O) groups is 1. The number of alkyl halides is 3. The molecule has 2 aromatic rings. The van der Waals surface area contributed by atoms with Crippen molar-refractivity contribution in [2.45, 2.75) is 56.3 Å². The third-order valence-electron chi connectivity index (χ3n) is 4.93. The highest BCUT2D eigenvalue weighted by Crippen LogP contribution is 2.29. The zero-order valence-corrected chi connectivity index (χ0v) is 20.0. The van der Waals surface area contributed by atoms with E-state index in [1.54, 1.807) is 27.8 Å². The van der Waals surface area contributed by atoms with Gasteiger partial charge in [0.2, 0.25) is 0 Å². The lowest BCUT2D eigenvalue weighted by Gasteiger charge is -2.24. The SMILES string of the molecule is Cn1cnc(S(=O)(=O)NC2CN(C(=O)OC(C)(C)C)CC2OCc2ccc(C(F)(F)F)cc2)c1. The average Bonchev–Trinajstić information content (AvgIpc) is 3.31. The topological polar surface area (TPSA) is 103 Å². The smallest absolute Gasteiger partial charge is 0.416 e. The normalized spacial score (nSPS) is 19.4. The van der Waals surface area contributed by atoms with Gasteiger partial charge in [-0.2, -0.15) is 13.2 Å². The Hall–Kier alpha value is -2.64. The van der Waals surface area contributed by atoms with Gasteiger partial charge in [0.25, 0.3) is 10.0 Å². The largest absolute Gasteiger partial charge is 0.444 e. The number of benzene rings is 1. The van der Waals surface area contributed by atoms with Gasteiger partial charge in [0.1, 0.15) is 5.60 Å². The van der Waals surface area contributed by atoms with E-state index in [2.05, 4.69) is 9.71 Å². The Morgan fingerprint density at radius 2 is 1.82 bits per heavy atom. The highest BCUT2D eigenvalue weighted by atomic mass is 32.2. The molecule has 1 fully saturated rings. The second-order valence-corrected chi connectivity index (χ2v) is 10.7. The first-order chi connectivity index (χ1) is 15.6. The van der Waals surface area contributed by atoms with Crippen LogP contribution in [0.4, 0.5) is 18.0 Å². The molecular formula is C21H27F3N4O5S. The van der Waals surface area contributed by atoms with Gasteiger partial charge in [0, 0.05) is 19.8 Å². The van der Waals surface area contributed by atoms with Gasteiger partial charge >= 0.3 is 12.3 Å². The van der Waals surface area contributed by atoms with E-state index in [0.29, 0.717) is 5.56 Å². The number of imidazole rings is 1. The Bertz CT molecular complexity index is 1110. The molecular weight excluding hydrogens is 477 g/mol. The molecule has 9 nitrogen and oxygen atoms in total.